The Balaban J connectivity index is 1.99. The Morgan fingerprint density at radius 2 is 2.06 bits per heavy atom. The SMILES string of the molecule is Cc1nc(COc2ccc(F)cc2)sc1CN. The number of nitrogens with two attached hydrogens (primary N) is 1. The maximum atomic E-state index is 12.7. The van der Waals surface area contributed by atoms with Gasteiger partial charge in [-0.1, -0.05) is 0 Å². The molecule has 0 amide bonds. The number of halogens is 1. The molecule has 2 rings (SSSR count). The van der Waals surface area contributed by atoms with Crippen LogP contribution >= 0.6 is 11.3 Å². The lowest BCUT2D eigenvalue weighted by Crippen LogP contribution is -1.95. The highest BCUT2D eigenvalue weighted by atomic mass is 32.1. The largest absolute Gasteiger partial charge is 0.486 e. The van der Waals surface area contributed by atoms with Crippen LogP contribution in [-0.2, 0) is 13.2 Å². The van der Waals surface area contributed by atoms with Crippen molar-refractivity contribution in [3.05, 3.63) is 45.7 Å². The lowest BCUT2D eigenvalue weighted by molar-refractivity contribution is 0.305. The standard InChI is InChI=1S/C12H13FN2OS/c1-8-11(6-14)17-12(15-8)7-16-10-4-2-9(13)3-5-10/h2-5H,6-7,14H2,1H3. The zero-order chi connectivity index (χ0) is 12.3. The van der Waals surface area contributed by atoms with E-state index in [1.807, 2.05) is 6.92 Å². The molecule has 0 spiro atoms. The Morgan fingerprint density at radius 1 is 1.35 bits per heavy atom. The van der Waals surface area contributed by atoms with Crippen molar-refractivity contribution >= 4 is 11.3 Å². The minimum Gasteiger partial charge on any atom is -0.486 e. The summed E-state index contributed by atoms with van der Waals surface area (Å²) in [5.41, 5.74) is 6.53. The molecule has 2 aromatic rings. The summed E-state index contributed by atoms with van der Waals surface area (Å²) < 4.78 is 18.2. The van der Waals surface area contributed by atoms with E-state index in [9.17, 15) is 4.39 Å². The van der Waals surface area contributed by atoms with E-state index in [0.717, 1.165) is 15.6 Å². The molecular formula is C12H13FN2OS. The first-order valence-electron chi connectivity index (χ1n) is 5.22. The van der Waals surface area contributed by atoms with Crippen LogP contribution in [0.2, 0.25) is 0 Å². The van der Waals surface area contributed by atoms with Crippen molar-refractivity contribution in [3.63, 3.8) is 0 Å². The molecule has 0 saturated carbocycles. The van der Waals surface area contributed by atoms with E-state index in [2.05, 4.69) is 4.98 Å². The Morgan fingerprint density at radius 3 is 2.65 bits per heavy atom. The summed E-state index contributed by atoms with van der Waals surface area (Å²) in [4.78, 5) is 5.43. The van der Waals surface area contributed by atoms with E-state index in [4.69, 9.17) is 10.5 Å². The molecule has 0 aliphatic carbocycles. The van der Waals surface area contributed by atoms with Crippen molar-refractivity contribution in [1.29, 1.82) is 0 Å². The van der Waals surface area contributed by atoms with E-state index in [0.29, 0.717) is 18.9 Å². The average Bonchev–Trinajstić information content (AvgIpc) is 2.69. The van der Waals surface area contributed by atoms with Crippen LogP contribution in [0.25, 0.3) is 0 Å². The third-order valence-corrected chi connectivity index (χ3v) is 3.45. The van der Waals surface area contributed by atoms with Crippen LogP contribution in [0.1, 0.15) is 15.6 Å². The highest BCUT2D eigenvalue weighted by molar-refractivity contribution is 7.11. The first-order chi connectivity index (χ1) is 8.19. The first-order valence-corrected chi connectivity index (χ1v) is 6.04. The number of nitrogens with zero attached hydrogens (tertiary/aromatic N) is 1. The second kappa shape index (κ2) is 5.25. The number of ether oxygens (including phenoxy) is 1. The van der Waals surface area contributed by atoms with E-state index < -0.39 is 0 Å². The number of hydrogen-bond acceptors (Lipinski definition) is 4. The Hall–Kier alpha value is -1.46. The van der Waals surface area contributed by atoms with Crippen LogP contribution in [0.4, 0.5) is 4.39 Å². The number of thiazole rings is 1. The van der Waals surface area contributed by atoms with E-state index in [1.165, 1.54) is 12.1 Å². The molecule has 5 heteroatoms. The first kappa shape index (κ1) is 12.0. The predicted octanol–water partition coefficient (Wildman–Crippen LogP) is 2.63. The van der Waals surface area contributed by atoms with E-state index >= 15 is 0 Å². The Kier molecular flexibility index (Phi) is 3.71. The van der Waals surface area contributed by atoms with Crippen molar-refractivity contribution in [2.24, 2.45) is 5.73 Å². The molecule has 0 saturated heterocycles. The normalized spacial score (nSPS) is 10.5. The molecule has 0 aliphatic rings. The van der Waals surface area contributed by atoms with Crippen LogP contribution in [0.5, 0.6) is 5.75 Å². The molecule has 0 aliphatic heterocycles. The van der Waals surface area contributed by atoms with Crippen molar-refractivity contribution in [3.8, 4) is 5.75 Å². The Bertz CT molecular complexity index is 496. The average molecular weight is 252 g/mol. The highest BCUT2D eigenvalue weighted by Crippen LogP contribution is 2.19. The summed E-state index contributed by atoms with van der Waals surface area (Å²) in [5.74, 6) is 0.362. The molecule has 3 nitrogen and oxygen atoms in total. The monoisotopic (exact) mass is 252 g/mol. The molecule has 1 aromatic carbocycles. The quantitative estimate of drug-likeness (QED) is 0.910. The summed E-state index contributed by atoms with van der Waals surface area (Å²) in [6.07, 6.45) is 0. The van der Waals surface area contributed by atoms with Gasteiger partial charge in [0, 0.05) is 11.4 Å². The summed E-state index contributed by atoms with van der Waals surface area (Å²) in [6.45, 7) is 2.82. The molecule has 0 atom stereocenters. The fourth-order valence-electron chi connectivity index (χ4n) is 1.42. The lowest BCUT2D eigenvalue weighted by Gasteiger charge is -2.02. The van der Waals surface area contributed by atoms with Gasteiger partial charge < -0.3 is 10.5 Å². The number of aryl methyl sites for hydroxylation is 1. The lowest BCUT2D eigenvalue weighted by atomic mass is 10.3. The van der Waals surface area contributed by atoms with Gasteiger partial charge in [0.2, 0.25) is 0 Å². The van der Waals surface area contributed by atoms with Crippen LogP contribution in [0, 0.1) is 12.7 Å². The maximum Gasteiger partial charge on any atom is 0.140 e. The third-order valence-electron chi connectivity index (χ3n) is 2.30. The molecule has 0 bridgehead atoms. The highest BCUT2D eigenvalue weighted by Gasteiger charge is 2.06. The molecule has 0 fully saturated rings. The van der Waals surface area contributed by atoms with Crippen LogP contribution < -0.4 is 10.5 Å². The van der Waals surface area contributed by atoms with Gasteiger partial charge in [-0.3, -0.25) is 0 Å². The zero-order valence-electron chi connectivity index (χ0n) is 9.44. The van der Waals surface area contributed by atoms with Gasteiger partial charge in [-0.2, -0.15) is 0 Å². The van der Waals surface area contributed by atoms with E-state index in [-0.39, 0.29) is 5.82 Å². The summed E-state index contributed by atoms with van der Waals surface area (Å²) in [5, 5.41) is 0.882. The summed E-state index contributed by atoms with van der Waals surface area (Å²) in [7, 11) is 0. The molecule has 1 heterocycles. The molecule has 17 heavy (non-hydrogen) atoms. The number of aromatic nitrogens is 1. The summed E-state index contributed by atoms with van der Waals surface area (Å²) in [6, 6.07) is 5.93. The fourth-order valence-corrected chi connectivity index (χ4v) is 2.28. The number of rotatable bonds is 4. The van der Waals surface area contributed by atoms with Gasteiger partial charge in [-0.15, -0.1) is 11.3 Å². The molecular weight excluding hydrogens is 239 g/mol. The van der Waals surface area contributed by atoms with Crippen molar-refractivity contribution in [2.75, 3.05) is 0 Å². The second-order valence-corrected chi connectivity index (χ2v) is 4.73. The third kappa shape index (κ3) is 3.01. The van der Waals surface area contributed by atoms with Gasteiger partial charge >= 0.3 is 0 Å². The summed E-state index contributed by atoms with van der Waals surface area (Å²) >= 11 is 1.55. The van der Waals surface area contributed by atoms with Gasteiger partial charge in [0.15, 0.2) is 0 Å². The zero-order valence-corrected chi connectivity index (χ0v) is 10.3. The molecule has 0 radical (unpaired) electrons. The van der Waals surface area contributed by atoms with Crippen LogP contribution in [0.15, 0.2) is 24.3 Å². The molecule has 90 valence electrons. The fraction of sp³-hybridized carbons (Fsp3) is 0.250. The second-order valence-electron chi connectivity index (χ2n) is 3.56. The number of hydrogen-bond donors (Lipinski definition) is 1. The molecule has 1 aromatic heterocycles. The van der Waals surface area contributed by atoms with Gasteiger partial charge in [-0.25, -0.2) is 9.37 Å². The topological polar surface area (TPSA) is 48.1 Å². The molecule has 0 unspecified atom stereocenters. The van der Waals surface area contributed by atoms with E-state index in [1.54, 1.807) is 23.5 Å². The smallest absolute Gasteiger partial charge is 0.140 e. The van der Waals surface area contributed by atoms with Gasteiger partial charge in [0.1, 0.15) is 23.2 Å². The minimum atomic E-state index is -0.270. The maximum absolute atomic E-state index is 12.7. The predicted molar refractivity (Wildman–Crippen MR) is 65.5 cm³/mol. The van der Waals surface area contributed by atoms with Crippen molar-refractivity contribution in [2.45, 2.75) is 20.1 Å². The van der Waals surface area contributed by atoms with Gasteiger partial charge in [-0.05, 0) is 31.2 Å². The van der Waals surface area contributed by atoms with Crippen LogP contribution in [-0.4, -0.2) is 4.98 Å². The van der Waals surface area contributed by atoms with Gasteiger partial charge in [0.25, 0.3) is 0 Å². The van der Waals surface area contributed by atoms with Gasteiger partial charge in [0.05, 0.1) is 5.69 Å². The molecule has 2 N–H and O–H groups in total. The number of benzene rings is 1. The minimum absolute atomic E-state index is 0.270. The Labute approximate surface area is 103 Å². The van der Waals surface area contributed by atoms with Crippen molar-refractivity contribution < 1.29 is 9.13 Å². The van der Waals surface area contributed by atoms with Crippen LogP contribution in [0.3, 0.4) is 0 Å². The van der Waals surface area contributed by atoms with Crippen molar-refractivity contribution in [1.82, 2.24) is 4.98 Å².